The number of anilines is 2. The Morgan fingerprint density at radius 2 is 2.11 bits per heavy atom. The van der Waals surface area contributed by atoms with Crippen LogP contribution in [0.15, 0.2) is 29.6 Å². The van der Waals surface area contributed by atoms with Crippen LogP contribution in [0.3, 0.4) is 0 Å². The number of carbonyl (C=O) groups excluding carboxylic acids is 2. The first-order chi connectivity index (χ1) is 13.0. The minimum atomic E-state index is -0.504. The lowest BCUT2D eigenvalue weighted by atomic mass is 10.1. The fourth-order valence-corrected chi connectivity index (χ4v) is 3.71. The Morgan fingerprint density at radius 1 is 1.33 bits per heavy atom. The first-order valence-corrected chi connectivity index (χ1v) is 9.51. The number of piperazine rings is 1. The van der Waals surface area contributed by atoms with E-state index >= 15 is 0 Å². The second-order valence-corrected chi connectivity index (χ2v) is 7.26. The maximum atomic E-state index is 13.7. The van der Waals surface area contributed by atoms with Crippen LogP contribution in [0.4, 0.5) is 15.2 Å². The van der Waals surface area contributed by atoms with E-state index in [2.05, 4.69) is 15.6 Å². The highest BCUT2D eigenvalue weighted by Crippen LogP contribution is 2.23. The third-order valence-corrected chi connectivity index (χ3v) is 5.26. The molecule has 1 aliphatic rings. The Labute approximate surface area is 161 Å². The van der Waals surface area contributed by atoms with Gasteiger partial charge in [0.05, 0.1) is 17.8 Å². The summed E-state index contributed by atoms with van der Waals surface area (Å²) in [5, 5.41) is 7.83. The number of nitrogens with one attached hydrogen (secondary N) is 2. The number of halogens is 1. The summed E-state index contributed by atoms with van der Waals surface area (Å²) in [6.45, 7) is 1.72. The van der Waals surface area contributed by atoms with Gasteiger partial charge in [0.15, 0.2) is 5.13 Å². The third kappa shape index (κ3) is 4.61. The number of nitrogens with zero attached hydrogens (tertiary/aromatic N) is 3. The monoisotopic (exact) mass is 391 g/mol. The third-order valence-electron chi connectivity index (χ3n) is 4.45. The van der Waals surface area contributed by atoms with Crippen molar-refractivity contribution in [2.45, 2.75) is 12.5 Å². The van der Waals surface area contributed by atoms with E-state index in [9.17, 15) is 14.0 Å². The van der Waals surface area contributed by atoms with Crippen LogP contribution in [-0.4, -0.2) is 66.4 Å². The van der Waals surface area contributed by atoms with E-state index in [-0.39, 0.29) is 24.1 Å². The quantitative estimate of drug-likeness (QED) is 0.807. The van der Waals surface area contributed by atoms with Gasteiger partial charge in [-0.1, -0.05) is 12.1 Å². The highest BCUT2D eigenvalue weighted by molar-refractivity contribution is 7.13. The Morgan fingerprint density at radius 3 is 2.85 bits per heavy atom. The molecular weight excluding hydrogens is 369 g/mol. The van der Waals surface area contributed by atoms with E-state index in [4.69, 9.17) is 0 Å². The van der Waals surface area contributed by atoms with Crippen molar-refractivity contribution in [2.24, 2.45) is 0 Å². The van der Waals surface area contributed by atoms with Gasteiger partial charge in [-0.2, -0.15) is 0 Å². The number of rotatable bonds is 5. The Balaban J connectivity index is 1.66. The van der Waals surface area contributed by atoms with Crippen LogP contribution in [0.25, 0.3) is 0 Å². The van der Waals surface area contributed by atoms with Crippen molar-refractivity contribution in [3.63, 3.8) is 0 Å². The van der Waals surface area contributed by atoms with Crippen molar-refractivity contribution < 1.29 is 14.0 Å². The largest absolute Gasteiger partial charge is 0.357 e. The molecule has 27 heavy (non-hydrogen) atoms. The number of para-hydroxylation sites is 1. The van der Waals surface area contributed by atoms with Gasteiger partial charge in [-0.3, -0.25) is 9.59 Å². The predicted molar refractivity (Wildman–Crippen MR) is 103 cm³/mol. The second-order valence-electron chi connectivity index (χ2n) is 6.41. The summed E-state index contributed by atoms with van der Waals surface area (Å²) in [6, 6.07) is 5.84. The summed E-state index contributed by atoms with van der Waals surface area (Å²) in [5.41, 5.74) is 0.932. The summed E-state index contributed by atoms with van der Waals surface area (Å²) >= 11 is 1.31. The topological polar surface area (TPSA) is 77.6 Å². The fourth-order valence-electron chi connectivity index (χ4n) is 2.99. The smallest absolute Gasteiger partial charge is 0.243 e. The normalized spacial score (nSPS) is 17.6. The van der Waals surface area contributed by atoms with Gasteiger partial charge >= 0.3 is 0 Å². The van der Waals surface area contributed by atoms with Crippen molar-refractivity contribution in [2.75, 3.05) is 39.0 Å². The van der Waals surface area contributed by atoms with Gasteiger partial charge in [-0.25, -0.2) is 9.37 Å². The van der Waals surface area contributed by atoms with Gasteiger partial charge in [-0.05, 0) is 19.2 Å². The zero-order chi connectivity index (χ0) is 19.4. The van der Waals surface area contributed by atoms with Crippen molar-refractivity contribution in [3.05, 3.63) is 41.2 Å². The van der Waals surface area contributed by atoms with Gasteiger partial charge in [0.25, 0.3) is 0 Å². The summed E-state index contributed by atoms with van der Waals surface area (Å²) in [5.74, 6) is -0.675. The molecule has 1 atom stereocenters. The minimum Gasteiger partial charge on any atom is -0.357 e. The number of aromatic nitrogens is 1. The molecular formula is C18H22FN5O2S. The highest BCUT2D eigenvalue weighted by Gasteiger charge is 2.33. The molecule has 7 nitrogen and oxygen atoms in total. The molecule has 144 valence electrons. The van der Waals surface area contributed by atoms with Gasteiger partial charge in [-0.15, -0.1) is 11.3 Å². The average Bonchev–Trinajstić information content (AvgIpc) is 3.09. The van der Waals surface area contributed by atoms with Crippen LogP contribution in [0.1, 0.15) is 5.69 Å². The zero-order valence-electron chi connectivity index (χ0n) is 15.2. The van der Waals surface area contributed by atoms with E-state index in [0.717, 1.165) is 6.54 Å². The maximum Gasteiger partial charge on any atom is 0.243 e. The first-order valence-electron chi connectivity index (χ1n) is 8.63. The SMILES string of the molecule is CNC(=O)C1CN(C)CCN1C(=O)Cc1csc(Nc2ccccc2F)n1. The molecule has 3 rings (SSSR count). The van der Waals surface area contributed by atoms with Gasteiger partial charge < -0.3 is 20.4 Å². The molecule has 1 aliphatic heterocycles. The standard InChI is InChI=1S/C18H22FN5O2S/c1-20-17(26)15-10-23(2)7-8-24(15)16(25)9-12-11-27-18(21-12)22-14-6-4-3-5-13(14)19/h3-6,11,15H,7-10H2,1-2H3,(H,20,26)(H,21,22). The number of benzene rings is 1. The average molecular weight is 391 g/mol. The molecule has 9 heteroatoms. The lowest BCUT2D eigenvalue weighted by molar-refractivity contribution is -0.143. The van der Waals surface area contributed by atoms with Crippen LogP contribution in [-0.2, 0) is 16.0 Å². The summed E-state index contributed by atoms with van der Waals surface area (Å²) in [7, 11) is 3.50. The molecule has 1 unspecified atom stereocenters. The molecule has 0 aliphatic carbocycles. The molecule has 0 saturated carbocycles. The first kappa shape index (κ1) is 19.2. The number of thiazole rings is 1. The molecule has 0 bridgehead atoms. The molecule has 2 aromatic rings. The molecule has 0 radical (unpaired) electrons. The molecule has 1 saturated heterocycles. The van der Waals surface area contributed by atoms with E-state index in [1.54, 1.807) is 35.5 Å². The van der Waals surface area contributed by atoms with Crippen molar-refractivity contribution in [3.8, 4) is 0 Å². The second kappa shape index (κ2) is 8.45. The molecule has 1 aromatic heterocycles. The van der Waals surface area contributed by atoms with E-state index < -0.39 is 6.04 Å². The number of hydrogen-bond donors (Lipinski definition) is 2. The van der Waals surface area contributed by atoms with Gasteiger partial charge in [0.1, 0.15) is 11.9 Å². The highest BCUT2D eigenvalue weighted by atomic mass is 32.1. The van der Waals surface area contributed by atoms with Crippen LogP contribution < -0.4 is 10.6 Å². The Hall–Kier alpha value is -2.52. The van der Waals surface area contributed by atoms with Crippen molar-refractivity contribution in [1.82, 2.24) is 20.1 Å². The van der Waals surface area contributed by atoms with Gasteiger partial charge in [0, 0.05) is 32.1 Å². The van der Waals surface area contributed by atoms with Crippen LogP contribution >= 0.6 is 11.3 Å². The zero-order valence-corrected chi connectivity index (χ0v) is 16.1. The minimum absolute atomic E-state index is 0.104. The van der Waals surface area contributed by atoms with Crippen molar-refractivity contribution in [1.29, 1.82) is 0 Å². The molecule has 2 N–H and O–H groups in total. The van der Waals surface area contributed by atoms with E-state index in [1.807, 2.05) is 11.9 Å². The number of carbonyl (C=O) groups is 2. The summed E-state index contributed by atoms with van der Waals surface area (Å²) < 4.78 is 13.7. The van der Waals surface area contributed by atoms with Crippen molar-refractivity contribution >= 4 is 34.0 Å². The fraction of sp³-hybridized carbons (Fsp3) is 0.389. The van der Waals surface area contributed by atoms with Gasteiger partial charge in [0.2, 0.25) is 11.8 Å². The number of likely N-dealkylation sites (N-methyl/N-ethyl adjacent to an activating group) is 2. The Bertz CT molecular complexity index is 828. The molecule has 1 fully saturated rings. The predicted octanol–water partition coefficient (Wildman–Crippen LogP) is 1.46. The van der Waals surface area contributed by atoms with E-state index in [0.29, 0.717) is 29.6 Å². The number of amides is 2. The molecule has 1 aromatic carbocycles. The van der Waals surface area contributed by atoms with Crippen LogP contribution in [0.5, 0.6) is 0 Å². The molecule has 2 heterocycles. The summed E-state index contributed by atoms with van der Waals surface area (Å²) in [4.78, 5) is 32.9. The lowest BCUT2D eigenvalue weighted by Crippen LogP contribution is -2.59. The molecule has 0 spiro atoms. The summed E-state index contributed by atoms with van der Waals surface area (Å²) in [6.07, 6.45) is 0.104. The maximum absolute atomic E-state index is 13.7. The molecule has 2 amide bonds. The number of hydrogen-bond acceptors (Lipinski definition) is 6. The van der Waals surface area contributed by atoms with Crippen LogP contribution in [0, 0.1) is 5.82 Å². The van der Waals surface area contributed by atoms with Crippen LogP contribution in [0.2, 0.25) is 0 Å². The Kier molecular flexibility index (Phi) is 6.02. The van der Waals surface area contributed by atoms with E-state index in [1.165, 1.54) is 17.4 Å². The lowest BCUT2D eigenvalue weighted by Gasteiger charge is -2.38.